The maximum absolute atomic E-state index is 2.56. The van der Waals surface area contributed by atoms with E-state index in [9.17, 15) is 0 Å². The second-order valence-corrected chi connectivity index (χ2v) is 17.6. The SMILES string of the molecule is CC1(C)c2ccccc2-c2c(N(c3ccccc3-c3ccccc3)c3cccc4sc5ccc(-c6ccc7c(c6)c6ccccc6n7-c6ccccc6)cc5c34)cccc21. The number of hydrogen-bond acceptors (Lipinski definition) is 2. The summed E-state index contributed by atoms with van der Waals surface area (Å²) in [6.45, 7) is 4.74. The maximum atomic E-state index is 2.56. The summed E-state index contributed by atoms with van der Waals surface area (Å²) in [5.74, 6) is 0. The first kappa shape index (κ1) is 34.8. The summed E-state index contributed by atoms with van der Waals surface area (Å²) in [5.41, 5.74) is 17.2. The van der Waals surface area contributed by atoms with Crippen molar-refractivity contribution in [1.29, 1.82) is 0 Å². The van der Waals surface area contributed by atoms with Gasteiger partial charge in [0.2, 0.25) is 0 Å². The van der Waals surface area contributed by atoms with Crippen LogP contribution in [0.1, 0.15) is 25.0 Å². The molecule has 0 atom stereocenters. The quantitative estimate of drug-likeness (QED) is 0.163. The van der Waals surface area contributed by atoms with Crippen molar-refractivity contribution < 1.29 is 0 Å². The monoisotopic (exact) mass is 784 g/mol. The van der Waals surface area contributed by atoms with Crippen molar-refractivity contribution >= 4 is 70.4 Å². The average Bonchev–Trinajstić information content (AvgIpc) is 3.93. The predicted octanol–water partition coefficient (Wildman–Crippen LogP) is 16.3. The molecule has 9 aromatic carbocycles. The van der Waals surface area contributed by atoms with E-state index in [-0.39, 0.29) is 5.41 Å². The maximum Gasteiger partial charge on any atom is 0.0555 e. The lowest BCUT2D eigenvalue weighted by Crippen LogP contribution is -2.16. The third-order valence-corrected chi connectivity index (χ3v) is 13.9. The first-order valence-electron chi connectivity index (χ1n) is 20.8. The third-order valence-electron chi connectivity index (χ3n) is 12.8. The fraction of sp³-hybridized carbons (Fsp3) is 0.0526. The molecule has 0 unspecified atom stereocenters. The number of anilines is 3. The topological polar surface area (TPSA) is 8.17 Å². The van der Waals surface area contributed by atoms with Crippen LogP contribution in [0.5, 0.6) is 0 Å². The highest BCUT2D eigenvalue weighted by atomic mass is 32.1. The lowest BCUT2D eigenvalue weighted by atomic mass is 9.82. The Balaban J connectivity index is 1.11. The van der Waals surface area contributed by atoms with Crippen LogP contribution >= 0.6 is 11.3 Å². The average molecular weight is 785 g/mol. The Kier molecular flexibility index (Phi) is 7.79. The van der Waals surface area contributed by atoms with Crippen molar-refractivity contribution in [3.63, 3.8) is 0 Å². The van der Waals surface area contributed by atoms with Gasteiger partial charge in [0.05, 0.1) is 28.1 Å². The minimum absolute atomic E-state index is 0.128. The van der Waals surface area contributed by atoms with Gasteiger partial charge < -0.3 is 9.47 Å². The summed E-state index contributed by atoms with van der Waals surface area (Å²) in [4.78, 5) is 2.56. The van der Waals surface area contributed by atoms with E-state index in [1.54, 1.807) is 0 Å². The molecule has 1 aliphatic rings. The first-order chi connectivity index (χ1) is 29.5. The van der Waals surface area contributed by atoms with Gasteiger partial charge >= 0.3 is 0 Å². The Bertz CT molecular complexity index is 3460. The van der Waals surface area contributed by atoms with E-state index in [0.29, 0.717) is 0 Å². The van der Waals surface area contributed by atoms with Gasteiger partial charge in [-0.25, -0.2) is 0 Å². The molecule has 2 nitrogen and oxygen atoms in total. The van der Waals surface area contributed by atoms with Gasteiger partial charge in [0.1, 0.15) is 0 Å². The number of aromatic nitrogens is 1. The van der Waals surface area contributed by atoms with Gasteiger partial charge in [-0.1, -0.05) is 153 Å². The number of fused-ring (bicyclic) bond motifs is 9. The van der Waals surface area contributed by atoms with E-state index in [0.717, 1.165) is 5.69 Å². The zero-order valence-electron chi connectivity index (χ0n) is 33.4. The molecule has 2 heterocycles. The van der Waals surface area contributed by atoms with Gasteiger partial charge in [-0.05, 0) is 100 Å². The summed E-state index contributed by atoms with van der Waals surface area (Å²) in [6, 6.07) is 76.1. The fourth-order valence-electron chi connectivity index (χ4n) is 10.0. The summed E-state index contributed by atoms with van der Waals surface area (Å²) >= 11 is 1.88. The van der Waals surface area contributed by atoms with Gasteiger partial charge in [-0.3, -0.25) is 0 Å². The Labute approximate surface area is 353 Å². The van der Waals surface area contributed by atoms with Crippen molar-refractivity contribution in [3.05, 3.63) is 217 Å². The zero-order chi connectivity index (χ0) is 40.0. The molecule has 0 N–H and O–H groups in total. The Morgan fingerprint density at radius 3 is 1.88 bits per heavy atom. The van der Waals surface area contributed by atoms with Gasteiger partial charge in [0, 0.05) is 53.2 Å². The van der Waals surface area contributed by atoms with Crippen molar-refractivity contribution in [1.82, 2.24) is 4.57 Å². The smallest absolute Gasteiger partial charge is 0.0555 e. The molecular weight excluding hydrogens is 745 g/mol. The van der Waals surface area contributed by atoms with Crippen molar-refractivity contribution in [2.24, 2.45) is 0 Å². The molecule has 0 bridgehead atoms. The highest BCUT2D eigenvalue weighted by molar-refractivity contribution is 7.26. The number of nitrogens with zero attached hydrogens (tertiary/aromatic N) is 2. The highest BCUT2D eigenvalue weighted by Gasteiger charge is 2.38. The normalized spacial score (nSPS) is 13.0. The molecule has 11 aromatic rings. The van der Waals surface area contributed by atoms with Gasteiger partial charge in [0.15, 0.2) is 0 Å². The van der Waals surface area contributed by atoms with E-state index in [1.807, 2.05) is 11.3 Å². The van der Waals surface area contributed by atoms with Crippen LogP contribution in [-0.2, 0) is 5.41 Å². The predicted molar refractivity (Wildman–Crippen MR) is 257 cm³/mol. The van der Waals surface area contributed by atoms with Crippen LogP contribution in [0.4, 0.5) is 17.1 Å². The number of benzene rings is 9. The summed E-state index contributed by atoms with van der Waals surface area (Å²) < 4.78 is 4.94. The van der Waals surface area contributed by atoms with Crippen molar-refractivity contribution in [2.75, 3.05) is 4.90 Å². The number of rotatable bonds is 6. The molecule has 0 saturated carbocycles. The molecule has 60 heavy (non-hydrogen) atoms. The molecular formula is C57H40N2S. The molecule has 0 amide bonds. The first-order valence-corrected chi connectivity index (χ1v) is 21.6. The number of para-hydroxylation sites is 3. The van der Waals surface area contributed by atoms with Crippen LogP contribution in [0.3, 0.4) is 0 Å². The van der Waals surface area contributed by atoms with E-state index < -0.39 is 0 Å². The van der Waals surface area contributed by atoms with Gasteiger partial charge in [-0.15, -0.1) is 11.3 Å². The molecule has 0 saturated heterocycles. The standard InChI is InChI=1S/C57H40N2S/c1-57(2)46-24-12-9-23-43(46)55-47(57)25-15-28-51(55)59(48-26-13-10-21-41(48)37-17-5-3-6-18-37)52-29-16-30-54-56(52)45-36-39(32-34-53(45)60-54)38-31-33-50-44(35-38)42-22-11-14-27-49(42)58(50)40-19-7-4-8-20-40/h3-36H,1-2H3. The van der Waals surface area contributed by atoms with Crippen molar-refractivity contribution in [3.8, 4) is 39.1 Å². The molecule has 0 spiro atoms. The molecule has 12 rings (SSSR count). The molecule has 0 radical (unpaired) electrons. The molecule has 1 aliphatic carbocycles. The lowest BCUT2D eigenvalue weighted by molar-refractivity contribution is 0.660. The molecule has 284 valence electrons. The van der Waals surface area contributed by atoms with E-state index in [1.165, 1.54) is 104 Å². The molecule has 0 aliphatic heterocycles. The third kappa shape index (κ3) is 5.19. The van der Waals surface area contributed by atoms with Crippen LogP contribution in [-0.4, -0.2) is 4.57 Å². The van der Waals surface area contributed by atoms with E-state index >= 15 is 0 Å². The molecule has 0 fully saturated rings. The summed E-state index contributed by atoms with van der Waals surface area (Å²) in [6.07, 6.45) is 0. The summed E-state index contributed by atoms with van der Waals surface area (Å²) in [7, 11) is 0. The van der Waals surface area contributed by atoms with Gasteiger partial charge in [0.25, 0.3) is 0 Å². The van der Waals surface area contributed by atoms with Crippen LogP contribution in [0.2, 0.25) is 0 Å². The lowest BCUT2D eigenvalue weighted by Gasteiger charge is -2.31. The number of hydrogen-bond donors (Lipinski definition) is 0. The minimum atomic E-state index is -0.128. The van der Waals surface area contributed by atoms with E-state index in [2.05, 4.69) is 230 Å². The van der Waals surface area contributed by atoms with Crippen LogP contribution in [0, 0.1) is 0 Å². The molecule has 2 aromatic heterocycles. The minimum Gasteiger partial charge on any atom is -0.309 e. The Morgan fingerprint density at radius 2 is 1.03 bits per heavy atom. The largest absolute Gasteiger partial charge is 0.309 e. The second kappa shape index (κ2) is 13.4. The van der Waals surface area contributed by atoms with Gasteiger partial charge in [-0.2, -0.15) is 0 Å². The van der Waals surface area contributed by atoms with Crippen LogP contribution in [0.25, 0.3) is 81.0 Å². The Hall–Kier alpha value is -7.20. The second-order valence-electron chi connectivity index (χ2n) is 16.5. The zero-order valence-corrected chi connectivity index (χ0v) is 34.2. The molecule has 3 heteroatoms. The van der Waals surface area contributed by atoms with Crippen LogP contribution in [0.15, 0.2) is 206 Å². The van der Waals surface area contributed by atoms with Crippen molar-refractivity contribution in [2.45, 2.75) is 19.3 Å². The summed E-state index contributed by atoms with van der Waals surface area (Å²) in [5, 5.41) is 5.06. The fourth-order valence-corrected chi connectivity index (χ4v) is 11.1. The van der Waals surface area contributed by atoms with Crippen LogP contribution < -0.4 is 4.90 Å². The highest BCUT2D eigenvalue weighted by Crippen LogP contribution is 2.56. The number of thiophene rings is 1. The Morgan fingerprint density at radius 1 is 0.417 bits per heavy atom. The van der Waals surface area contributed by atoms with E-state index in [4.69, 9.17) is 0 Å².